The van der Waals surface area contributed by atoms with Crippen molar-refractivity contribution in [2.75, 3.05) is 14.1 Å². The van der Waals surface area contributed by atoms with Crippen molar-refractivity contribution >= 4 is 0 Å². The van der Waals surface area contributed by atoms with E-state index in [2.05, 4.69) is 38.5 Å². The molecule has 1 nitrogen and oxygen atoms in total. The summed E-state index contributed by atoms with van der Waals surface area (Å²) in [5, 5.41) is 0. The summed E-state index contributed by atoms with van der Waals surface area (Å²) in [6, 6.07) is 0.285. The van der Waals surface area contributed by atoms with Gasteiger partial charge in [-0.1, -0.05) is 33.6 Å². The van der Waals surface area contributed by atoms with Crippen molar-refractivity contribution in [1.82, 2.24) is 4.90 Å². The van der Waals surface area contributed by atoms with Crippen LogP contribution in [-0.2, 0) is 0 Å². The van der Waals surface area contributed by atoms with Crippen molar-refractivity contribution in [3.05, 3.63) is 0 Å². The average molecular weight is 195 g/mol. The second-order valence-corrected chi connectivity index (χ2v) is 5.75. The molecule has 0 fully saturated rings. The van der Waals surface area contributed by atoms with Crippen LogP contribution in [0.3, 0.4) is 0 Å². The van der Waals surface area contributed by atoms with Crippen LogP contribution < -0.4 is 0 Å². The van der Waals surface area contributed by atoms with Crippen LogP contribution in [0.15, 0.2) is 0 Å². The lowest BCUT2D eigenvalue weighted by Gasteiger charge is -2.27. The van der Waals surface area contributed by atoms with Gasteiger partial charge in [-0.05, 0) is 38.3 Å². The van der Waals surface area contributed by atoms with Crippen LogP contribution >= 0.6 is 0 Å². The summed E-state index contributed by atoms with van der Waals surface area (Å²) < 4.78 is 0. The Bertz CT molecular complexity index is 192. The first kappa shape index (κ1) is 13.5. The van der Waals surface area contributed by atoms with E-state index in [4.69, 9.17) is 6.42 Å². The molecule has 0 aromatic rings. The second-order valence-electron chi connectivity index (χ2n) is 5.75. The highest BCUT2D eigenvalue weighted by Crippen LogP contribution is 2.27. The normalized spacial score (nSPS) is 16.4. The molecule has 0 aliphatic heterocycles. The van der Waals surface area contributed by atoms with E-state index in [-0.39, 0.29) is 6.04 Å². The zero-order chi connectivity index (χ0) is 11.4. The summed E-state index contributed by atoms with van der Waals surface area (Å²) in [7, 11) is 4.10. The number of hydrogen-bond donors (Lipinski definition) is 0. The lowest BCUT2D eigenvalue weighted by atomic mass is 9.83. The lowest BCUT2D eigenvalue weighted by Crippen LogP contribution is -2.29. The molecule has 0 heterocycles. The van der Waals surface area contributed by atoms with Crippen molar-refractivity contribution in [3.8, 4) is 12.3 Å². The standard InChI is InChI=1S/C13H25N/c1-8-12(14(6)7)9-11(2)10-13(3,4)5/h1,11-12H,9-10H2,2-7H3/t11-,12+/m0/s1. The minimum atomic E-state index is 0.285. The smallest absolute Gasteiger partial charge is 0.0709 e. The molecule has 14 heavy (non-hydrogen) atoms. The Kier molecular flexibility index (Phi) is 5.23. The Morgan fingerprint density at radius 1 is 1.29 bits per heavy atom. The lowest BCUT2D eigenvalue weighted by molar-refractivity contribution is 0.246. The van der Waals surface area contributed by atoms with E-state index < -0.39 is 0 Å². The Morgan fingerprint density at radius 3 is 2.07 bits per heavy atom. The first-order chi connectivity index (χ1) is 6.26. The topological polar surface area (TPSA) is 3.24 Å². The summed E-state index contributed by atoms with van der Waals surface area (Å²) in [4.78, 5) is 2.12. The summed E-state index contributed by atoms with van der Waals surface area (Å²) in [5.41, 5.74) is 0.408. The van der Waals surface area contributed by atoms with E-state index in [1.165, 1.54) is 6.42 Å². The first-order valence-electron chi connectivity index (χ1n) is 5.39. The molecular weight excluding hydrogens is 170 g/mol. The number of nitrogens with zero attached hydrogens (tertiary/aromatic N) is 1. The summed E-state index contributed by atoms with van der Waals surface area (Å²) >= 11 is 0. The second kappa shape index (κ2) is 5.41. The predicted molar refractivity (Wildman–Crippen MR) is 64.2 cm³/mol. The van der Waals surface area contributed by atoms with Crippen LogP contribution in [0.5, 0.6) is 0 Å². The Morgan fingerprint density at radius 2 is 1.79 bits per heavy atom. The van der Waals surface area contributed by atoms with Crippen LogP contribution in [0.4, 0.5) is 0 Å². The van der Waals surface area contributed by atoms with Crippen LogP contribution in [0.25, 0.3) is 0 Å². The van der Waals surface area contributed by atoms with Crippen molar-refractivity contribution < 1.29 is 0 Å². The maximum Gasteiger partial charge on any atom is 0.0709 e. The molecule has 0 bridgehead atoms. The fourth-order valence-electron chi connectivity index (χ4n) is 1.94. The zero-order valence-corrected chi connectivity index (χ0v) is 10.6. The van der Waals surface area contributed by atoms with E-state index >= 15 is 0 Å². The molecule has 2 atom stereocenters. The van der Waals surface area contributed by atoms with Crippen molar-refractivity contribution in [2.45, 2.75) is 46.6 Å². The largest absolute Gasteiger partial charge is 0.296 e. The fourth-order valence-corrected chi connectivity index (χ4v) is 1.94. The molecule has 0 spiro atoms. The van der Waals surface area contributed by atoms with Crippen molar-refractivity contribution in [3.63, 3.8) is 0 Å². The molecule has 0 radical (unpaired) electrons. The predicted octanol–water partition coefficient (Wildman–Crippen LogP) is 3.01. The van der Waals surface area contributed by atoms with Crippen molar-refractivity contribution in [1.29, 1.82) is 0 Å². The number of rotatable bonds is 4. The molecule has 0 N–H and O–H groups in total. The molecule has 0 unspecified atom stereocenters. The van der Waals surface area contributed by atoms with E-state index in [0.29, 0.717) is 11.3 Å². The van der Waals surface area contributed by atoms with Gasteiger partial charge < -0.3 is 0 Å². The van der Waals surface area contributed by atoms with E-state index in [1.807, 2.05) is 14.1 Å². The van der Waals surface area contributed by atoms with Crippen LogP contribution in [-0.4, -0.2) is 25.0 Å². The van der Waals surface area contributed by atoms with Crippen LogP contribution in [0, 0.1) is 23.7 Å². The van der Waals surface area contributed by atoms with E-state index in [1.54, 1.807) is 0 Å². The number of terminal acetylenes is 1. The first-order valence-corrected chi connectivity index (χ1v) is 5.39. The van der Waals surface area contributed by atoms with Gasteiger partial charge in [0, 0.05) is 0 Å². The molecule has 0 aliphatic carbocycles. The molecular formula is C13H25N. The van der Waals surface area contributed by atoms with Crippen LogP contribution in [0.2, 0.25) is 0 Å². The zero-order valence-electron chi connectivity index (χ0n) is 10.6. The van der Waals surface area contributed by atoms with E-state index in [9.17, 15) is 0 Å². The third kappa shape index (κ3) is 6.05. The summed E-state index contributed by atoms with van der Waals surface area (Å²) in [6.45, 7) is 9.14. The fraction of sp³-hybridized carbons (Fsp3) is 0.846. The highest BCUT2D eigenvalue weighted by atomic mass is 15.1. The Labute approximate surface area is 89.9 Å². The summed E-state index contributed by atoms with van der Waals surface area (Å²) in [6.07, 6.45) is 7.83. The van der Waals surface area contributed by atoms with Gasteiger partial charge in [-0.2, -0.15) is 0 Å². The monoisotopic (exact) mass is 195 g/mol. The quantitative estimate of drug-likeness (QED) is 0.623. The minimum Gasteiger partial charge on any atom is -0.296 e. The van der Waals surface area contributed by atoms with Gasteiger partial charge in [-0.3, -0.25) is 4.90 Å². The molecule has 0 aromatic heterocycles. The SMILES string of the molecule is C#C[C@H](C[C@H](C)CC(C)(C)C)N(C)C. The third-order valence-corrected chi connectivity index (χ3v) is 2.40. The Balaban J connectivity index is 4.05. The van der Waals surface area contributed by atoms with Gasteiger partial charge in [0.25, 0.3) is 0 Å². The number of hydrogen-bond acceptors (Lipinski definition) is 1. The van der Waals surface area contributed by atoms with E-state index in [0.717, 1.165) is 6.42 Å². The average Bonchev–Trinajstić information content (AvgIpc) is 1.96. The van der Waals surface area contributed by atoms with Gasteiger partial charge in [-0.25, -0.2) is 0 Å². The van der Waals surface area contributed by atoms with Gasteiger partial charge in [0.2, 0.25) is 0 Å². The summed E-state index contributed by atoms with van der Waals surface area (Å²) in [5.74, 6) is 3.54. The highest BCUT2D eigenvalue weighted by molar-refractivity contribution is 4.99. The molecule has 0 rings (SSSR count). The maximum atomic E-state index is 5.49. The van der Waals surface area contributed by atoms with Gasteiger partial charge >= 0.3 is 0 Å². The van der Waals surface area contributed by atoms with Crippen molar-refractivity contribution in [2.24, 2.45) is 11.3 Å². The third-order valence-electron chi connectivity index (χ3n) is 2.40. The highest BCUT2D eigenvalue weighted by Gasteiger charge is 2.18. The molecule has 82 valence electrons. The van der Waals surface area contributed by atoms with Gasteiger partial charge in [0.1, 0.15) is 0 Å². The van der Waals surface area contributed by atoms with Gasteiger partial charge in [-0.15, -0.1) is 6.42 Å². The van der Waals surface area contributed by atoms with Gasteiger partial charge in [0.05, 0.1) is 6.04 Å². The molecule has 0 saturated heterocycles. The maximum absolute atomic E-state index is 5.49. The molecule has 0 saturated carbocycles. The minimum absolute atomic E-state index is 0.285. The van der Waals surface area contributed by atoms with Crippen LogP contribution in [0.1, 0.15) is 40.5 Å². The molecule has 0 aromatic carbocycles. The molecule has 0 aliphatic rings. The Hall–Kier alpha value is -0.480. The molecule has 1 heteroatoms. The molecule has 0 amide bonds. The van der Waals surface area contributed by atoms with Gasteiger partial charge in [0.15, 0.2) is 0 Å².